The first-order chi connectivity index (χ1) is 14.5. The van der Waals surface area contributed by atoms with E-state index >= 15 is 0 Å². The molecule has 1 aromatic carbocycles. The van der Waals surface area contributed by atoms with Crippen LogP contribution < -0.4 is 10.6 Å². The third-order valence-corrected chi connectivity index (χ3v) is 6.86. The lowest BCUT2D eigenvalue weighted by atomic mass is 10.0. The average Bonchev–Trinajstić information content (AvgIpc) is 3.31. The number of thiophene rings is 1. The normalized spacial score (nSPS) is 18.3. The molecule has 0 radical (unpaired) electrons. The predicted molar refractivity (Wildman–Crippen MR) is 124 cm³/mol. The Morgan fingerprint density at radius 2 is 2.03 bits per heavy atom. The van der Waals surface area contributed by atoms with Crippen molar-refractivity contribution in [2.75, 3.05) is 11.9 Å². The number of anilines is 1. The van der Waals surface area contributed by atoms with Gasteiger partial charge in [-0.2, -0.15) is 0 Å². The van der Waals surface area contributed by atoms with Gasteiger partial charge in [-0.05, 0) is 64.5 Å². The van der Waals surface area contributed by atoms with Gasteiger partial charge in [0.15, 0.2) is 5.11 Å². The zero-order valence-electron chi connectivity index (χ0n) is 15.7. The Morgan fingerprint density at radius 3 is 2.73 bits per heavy atom. The number of carbonyl (C=O) groups excluding carboxylic acids is 1. The molecule has 0 spiro atoms. The van der Waals surface area contributed by atoms with E-state index in [2.05, 4.69) is 37.6 Å². The van der Waals surface area contributed by atoms with Gasteiger partial charge < -0.3 is 15.5 Å². The Morgan fingerprint density at radius 1 is 1.23 bits per heavy atom. The number of hydrogen-bond acceptors (Lipinski definition) is 4. The number of halogens is 2. The van der Waals surface area contributed by atoms with Crippen LogP contribution in [0.4, 0.5) is 10.1 Å². The number of amides is 1. The highest BCUT2D eigenvalue weighted by Crippen LogP contribution is 2.42. The van der Waals surface area contributed by atoms with Crippen LogP contribution >= 0.6 is 39.5 Å². The number of nitrogens with zero attached hydrogens (tertiary/aromatic N) is 2. The van der Waals surface area contributed by atoms with Gasteiger partial charge in [-0.3, -0.25) is 9.78 Å². The number of nitrogens with one attached hydrogen (secondary N) is 2. The minimum Gasteiger partial charge on any atom is -0.352 e. The molecular weight excluding hydrogens is 487 g/mol. The van der Waals surface area contributed by atoms with Crippen LogP contribution in [-0.2, 0) is 4.79 Å². The highest BCUT2D eigenvalue weighted by Gasteiger charge is 2.40. The highest BCUT2D eigenvalue weighted by molar-refractivity contribution is 9.11. The maximum atomic E-state index is 13.8. The van der Waals surface area contributed by atoms with Gasteiger partial charge >= 0.3 is 0 Å². The number of carbonyl (C=O) groups is 1. The fourth-order valence-corrected chi connectivity index (χ4v) is 5.35. The molecule has 0 bridgehead atoms. The molecule has 0 saturated carbocycles. The molecule has 1 fully saturated rings. The molecule has 1 saturated heterocycles. The third-order valence-electron chi connectivity index (χ3n) is 4.81. The molecule has 154 valence electrons. The van der Waals surface area contributed by atoms with E-state index in [0.717, 1.165) is 14.4 Å². The van der Waals surface area contributed by atoms with Crippen molar-refractivity contribution in [2.24, 2.45) is 0 Å². The van der Waals surface area contributed by atoms with Gasteiger partial charge in [-0.25, -0.2) is 4.39 Å². The summed E-state index contributed by atoms with van der Waals surface area (Å²) in [6.45, 7) is 0.398. The SMILES string of the molecule is O=C(CCN1C(=S)NC(c2ccccn2)C1c1ccc(Br)s1)Nc1ccccc1F. The molecule has 2 atom stereocenters. The molecule has 9 heteroatoms. The minimum absolute atomic E-state index is 0.0926. The molecule has 3 heterocycles. The molecule has 2 aromatic heterocycles. The first kappa shape index (κ1) is 20.9. The van der Waals surface area contributed by atoms with Gasteiger partial charge in [0.25, 0.3) is 0 Å². The van der Waals surface area contributed by atoms with Crippen LogP contribution in [-0.4, -0.2) is 27.4 Å². The predicted octanol–water partition coefficient (Wildman–Crippen LogP) is 5.05. The summed E-state index contributed by atoms with van der Waals surface area (Å²) in [7, 11) is 0. The van der Waals surface area contributed by atoms with Crippen molar-refractivity contribution in [2.45, 2.75) is 18.5 Å². The standard InChI is InChI=1S/C21H18BrFN4OS2/c22-17-9-8-16(30-17)20-19(15-7-3-4-11-24-15)26-21(29)27(20)12-10-18(28)25-14-6-2-1-5-13(14)23/h1-9,11,19-20H,10,12H2,(H,25,28)(H,26,29). The molecule has 0 aliphatic carbocycles. The molecule has 2 unspecified atom stereocenters. The number of thiocarbonyl (C=S) groups is 1. The molecule has 1 aliphatic heterocycles. The van der Waals surface area contributed by atoms with E-state index in [1.54, 1.807) is 35.7 Å². The van der Waals surface area contributed by atoms with Crippen molar-refractivity contribution in [1.82, 2.24) is 15.2 Å². The average molecular weight is 505 g/mol. The Balaban J connectivity index is 1.52. The molecule has 1 aliphatic rings. The van der Waals surface area contributed by atoms with Crippen molar-refractivity contribution >= 4 is 56.2 Å². The highest BCUT2D eigenvalue weighted by atomic mass is 79.9. The van der Waals surface area contributed by atoms with Crippen molar-refractivity contribution in [3.63, 3.8) is 0 Å². The fraction of sp³-hybridized carbons (Fsp3) is 0.190. The summed E-state index contributed by atoms with van der Waals surface area (Å²) in [6.07, 6.45) is 1.93. The number of pyridine rings is 1. The molecule has 2 N–H and O–H groups in total. The number of benzene rings is 1. The molecule has 3 aromatic rings. The number of para-hydroxylation sites is 1. The first-order valence-electron chi connectivity index (χ1n) is 9.30. The summed E-state index contributed by atoms with van der Waals surface area (Å²) in [5, 5.41) is 6.55. The summed E-state index contributed by atoms with van der Waals surface area (Å²) in [5.41, 5.74) is 1.06. The third kappa shape index (κ3) is 4.53. The van der Waals surface area contributed by atoms with E-state index < -0.39 is 5.82 Å². The van der Waals surface area contributed by atoms with Crippen molar-refractivity contribution < 1.29 is 9.18 Å². The second-order valence-corrected chi connectivity index (χ2v) is 9.62. The van der Waals surface area contributed by atoms with Gasteiger partial charge in [0, 0.05) is 24.0 Å². The minimum atomic E-state index is -0.458. The van der Waals surface area contributed by atoms with E-state index in [1.165, 1.54) is 6.07 Å². The summed E-state index contributed by atoms with van der Waals surface area (Å²) in [6, 6.07) is 15.7. The molecule has 1 amide bonds. The molecule has 4 rings (SSSR count). The Bertz CT molecular complexity index is 1060. The number of aromatic nitrogens is 1. The smallest absolute Gasteiger partial charge is 0.226 e. The second kappa shape index (κ2) is 9.20. The number of rotatable bonds is 6. The summed E-state index contributed by atoms with van der Waals surface area (Å²) < 4.78 is 14.8. The van der Waals surface area contributed by atoms with Gasteiger partial charge in [0.2, 0.25) is 5.91 Å². The van der Waals surface area contributed by atoms with Crippen LogP contribution in [0.1, 0.15) is 29.1 Å². The summed E-state index contributed by atoms with van der Waals surface area (Å²) >= 11 is 10.7. The lowest BCUT2D eigenvalue weighted by Gasteiger charge is -2.26. The first-order valence-corrected chi connectivity index (χ1v) is 11.3. The van der Waals surface area contributed by atoms with Crippen molar-refractivity contribution in [3.8, 4) is 0 Å². The van der Waals surface area contributed by atoms with Crippen LogP contribution in [0.2, 0.25) is 0 Å². The fourth-order valence-electron chi connectivity index (χ4n) is 3.44. The van der Waals surface area contributed by atoms with E-state index in [0.29, 0.717) is 11.7 Å². The summed E-state index contributed by atoms with van der Waals surface area (Å²) in [5.74, 6) is -0.726. The van der Waals surface area contributed by atoms with Gasteiger partial charge in [-0.15, -0.1) is 11.3 Å². The monoisotopic (exact) mass is 504 g/mol. The maximum absolute atomic E-state index is 13.8. The Kier molecular flexibility index (Phi) is 6.40. The zero-order valence-corrected chi connectivity index (χ0v) is 18.9. The van der Waals surface area contributed by atoms with Crippen LogP contribution in [0, 0.1) is 5.82 Å². The van der Waals surface area contributed by atoms with Crippen molar-refractivity contribution in [1.29, 1.82) is 0 Å². The molecular formula is C21H18BrFN4OS2. The quantitative estimate of drug-likeness (QED) is 0.460. The van der Waals surface area contributed by atoms with E-state index in [9.17, 15) is 9.18 Å². The Hall–Kier alpha value is -2.36. The summed E-state index contributed by atoms with van der Waals surface area (Å²) in [4.78, 5) is 20.1. The van der Waals surface area contributed by atoms with Gasteiger partial charge in [-0.1, -0.05) is 18.2 Å². The molecule has 30 heavy (non-hydrogen) atoms. The number of hydrogen-bond donors (Lipinski definition) is 2. The van der Waals surface area contributed by atoms with E-state index in [-0.39, 0.29) is 30.1 Å². The molecule has 5 nitrogen and oxygen atoms in total. The lowest BCUT2D eigenvalue weighted by Crippen LogP contribution is -2.32. The largest absolute Gasteiger partial charge is 0.352 e. The van der Waals surface area contributed by atoms with Gasteiger partial charge in [0.1, 0.15) is 5.82 Å². The van der Waals surface area contributed by atoms with Crippen LogP contribution in [0.15, 0.2) is 64.6 Å². The topological polar surface area (TPSA) is 57.3 Å². The Labute approximate surface area is 191 Å². The van der Waals surface area contributed by atoms with Crippen LogP contribution in [0.5, 0.6) is 0 Å². The maximum Gasteiger partial charge on any atom is 0.226 e. The van der Waals surface area contributed by atoms with Crippen molar-refractivity contribution in [3.05, 3.63) is 81.0 Å². The van der Waals surface area contributed by atoms with Crippen LogP contribution in [0.25, 0.3) is 0 Å². The lowest BCUT2D eigenvalue weighted by molar-refractivity contribution is -0.116. The zero-order chi connectivity index (χ0) is 21.1. The van der Waals surface area contributed by atoms with Crippen LogP contribution in [0.3, 0.4) is 0 Å². The second-order valence-electron chi connectivity index (χ2n) is 6.74. The van der Waals surface area contributed by atoms with E-state index in [1.807, 2.05) is 29.2 Å². The van der Waals surface area contributed by atoms with Gasteiger partial charge in [0.05, 0.1) is 27.3 Å². The van der Waals surface area contributed by atoms with E-state index in [4.69, 9.17) is 12.2 Å².